The van der Waals surface area contributed by atoms with Crippen LogP contribution in [0.5, 0.6) is 0 Å². The van der Waals surface area contributed by atoms with Gasteiger partial charge >= 0.3 is 6.03 Å². The van der Waals surface area contributed by atoms with Crippen LogP contribution in [0.15, 0.2) is 72.0 Å². The number of imide groups is 1. The van der Waals surface area contributed by atoms with E-state index in [0.29, 0.717) is 16.3 Å². The fourth-order valence-electron chi connectivity index (χ4n) is 3.05. The van der Waals surface area contributed by atoms with Gasteiger partial charge in [-0.3, -0.25) is 9.80 Å². The molecule has 0 aliphatic heterocycles. The molecule has 0 radical (unpaired) electrons. The lowest BCUT2D eigenvalue weighted by molar-refractivity contribution is 0.0995. The summed E-state index contributed by atoms with van der Waals surface area (Å²) < 4.78 is 0. The number of likely N-dealkylation sites (N-methyl/N-ethyl adjacent to an activating group) is 2. The van der Waals surface area contributed by atoms with Crippen molar-refractivity contribution < 1.29 is 9.59 Å². The van der Waals surface area contributed by atoms with Crippen molar-refractivity contribution in [1.82, 2.24) is 14.9 Å². The minimum atomic E-state index is -0.675. The summed E-state index contributed by atoms with van der Waals surface area (Å²) in [6.45, 7) is 1.69. The van der Waals surface area contributed by atoms with Crippen molar-refractivity contribution in [1.29, 1.82) is 0 Å². The summed E-state index contributed by atoms with van der Waals surface area (Å²) in [5, 5.41) is 9.39. The van der Waals surface area contributed by atoms with Gasteiger partial charge in [0.2, 0.25) is 0 Å². The van der Waals surface area contributed by atoms with Gasteiger partial charge in [-0.2, -0.15) is 5.10 Å². The lowest BCUT2D eigenvalue weighted by atomic mass is 10.2. The molecule has 0 bridgehead atoms. The Kier molecular flexibility index (Phi) is 9.17. The zero-order valence-electron chi connectivity index (χ0n) is 20.4. The highest BCUT2D eigenvalue weighted by molar-refractivity contribution is 6.31. The van der Waals surface area contributed by atoms with Crippen molar-refractivity contribution in [3.05, 3.63) is 88.6 Å². The Labute approximate surface area is 216 Å². The predicted molar refractivity (Wildman–Crippen MR) is 145 cm³/mol. The molecule has 0 saturated heterocycles. The Morgan fingerprint density at radius 1 is 1.08 bits per heavy atom. The number of anilines is 2. The highest BCUT2D eigenvalue weighted by atomic mass is 35.5. The van der Waals surface area contributed by atoms with Crippen LogP contribution in [0.25, 0.3) is 0 Å². The first-order valence-electron chi connectivity index (χ1n) is 11.1. The number of pyridine rings is 1. The summed E-state index contributed by atoms with van der Waals surface area (Å²) in [6.07, 6.45) is 8.57. The molecule has 3 rings (SSSR count). The monoisotopic (exact) mass is 502 g/mol. The van der Waals surface area contributed by atoms with Gasteiger partial charge in [0, 0.05) is 48.2 Å². The zero-order valence-corrected chi connectivity index (χ0v) is 21.1. The number of benzene rings is 2. The van der Waals surface area contributed by atoms with Crippen LogP contribution in [-0.4, -0.2) is 67.3 Å². The molecule has 8 nitrogen and oxygen atoms in total. The van der Waals surface area contributed by atoms with Gasteiger partial charge in [-0.25, -0.2) is 14.7 Å². The largest absolute Gasteiger partial charge is 0.334 e. The van der Waals surface area contributed by atoms with Crippen LogP contribution in [0, 0.1) is 12.3 Å². The van der Waals surface area contributed by atoms with Crippen LogP contribution in [0.1, 0.15) is 21.5 Å². The number of hydrogen-bond donors (Lipinski definition) is 1. The number of rotatable bonds is 8. The van der Waals surface area contributed by atoms with Crippen molar-refractivity contribution in [2.24, 2.45) is 5.10 Å². The third kappa shape index (κ3) is 7.40. The fraction of sp³-hybridized carbons (Fsp3) is 0.185. The van der Waals surface area contributed by atoms with E-state index in [2.05, 4.69) is 26.2 Å². The van der Waals surface area contributed by atoms with E-state index in [4.69, 9.17) is 18.0 Å². The van der Waals surface area contributed by atoms with Crippen molar-refractivity contribution >= 4 is 41.3 Å². The van der Waals surface area contributed by atoms with Gasteiger partial charge in [0.25, 0.3) is 5.91 Å². The van der Waals surface area contributed by atoms with Crippen LogP contribution in [0.2, 0.25) is 5.02 Å². The molecule has 184 valence electrons. The van der Waals surface area contributed by atoms with Crippen LogP contribution < -0.4 is 10.2 Å². The van der Waals surface area contributed by atoms with Gasteiger partial charge in [-0.05, 0) is 62.1 Å². The molecule has 2 aromatic carbocycles. The Hall–Kier alpha value is -4.19. The smallest absolute Gasteiger partial charge is 0.308 e. The number of amides is 3. The lowest BCUT2D eigenvalue weighted by Gasteiger charge is -2.21. The maximum atomic E-state index is 13.3. The van der Waals surface area contributed by atoms with Crippen LogP contribution in [0.3, 0.4) is 0 Å². The molecule has 0 fully saturated rings. The number of hydrazone groups is 1. The number of halogens is 1. The van der Waals surface area contributed by atoms with Crippen molar-refractivity contribution in [3.63, 3.8) is 0 Å². The van der Waals surface area contributed by atoms with E-state index in [9.17, 15) is 9.59 Å². The summed E-state index contributed by atoms with van der Waals surface area (Å²) in [5.41, 5.74) is 2.13. The molecule has 1 N–H and O–H groups in total. The molecule has 0 aliphatic rings. The maximum absolute atomic E-state index is 13.3. The van der Waals surface area contributed by atoms with E-state index in [0.717, 1.165) is 23.6 Å². The topological polar surface area (TPSA) is 81.1 Å². The summed E-state index contributed by atoms with van der Waals surface area (Å²) in [4.78, 5) is 33.8. The molecule has 3 aromatic rings. The first-order chi connectivity index (χ1) is 17.3. The van der Waals surface area contributed by atoms with Crippen LogP contribution in [-0.2, 0) is 0 Å². The van der Waals surface area contributed by atoms with Gasteiger partial charge in [-0.15, -0.1) is 6.42 Å². The van der Waals surface area contributed by atoms with Crippen molar-refractivity contribution in [2.75, 3.05) is 44.4 Å². The first-order valence-corrected chi connectivity index (χ1v) is 11.5. The summed E-state index contributed by atoms with van der Waals surface area (Å²) in [5.74, 6) is 2.01. The molecule has 36 heavy (non-hydrogen) atoms. The normalized spacial score (nSPS) is 10.8. The van der Waals surface area contributed by atoms with Gasteiger partial charge in [-0.1, -0.05) is 35.7 Å². The minimum Gasteiger partial charge on any atom is -0.308 e. The third-order valence-corrected chi connectivity index (χ3v) is 5.29. The number of carbonyl (C=O) groups is 2. The lowest BCUT2D eigenvalue weighted by Crippen LogP contribution is -2.40. The fourth-order valence-corrected chi connectivity index (χ4v) is 3.24. The average molecular weight is 503 g/mol. The standard InChI is InChI=1S/C27H27ClN6O2/c1-5-20-11-14-25(29-18-20)34(26(35)22-7-6-8-23(28)17-22)27(36)31-24-12-9-21(10-13-24)19-30-33(4)16-15-32(2)3/h1,6-14,17-19H,15-16H2,2-4H3,(H,31,36). The second kappa shape index (κ2) is 12.5. The zero-order chi connectivity index (χ0) is 26.1. The Morgan fingerprint density at radius 3 is 2.44 bits per heavy atom. The highest BCUT2D eigenvalue weighted by Crippen LogP contribution is 2.20. The highest BCUT2D eigenvalue weighted by Gasteiger charge is 2.26. The van der Waals surface area contributed by atoms with Crippen LogP contribution in [0.4, 0.5) is 16.3 Å². The SMILES string of the molecule is C#Cc1ccc(N(C(=O)Nc2ccc(C=NN(C)CCN(C)C)cc2)C(=O)c2cccc(Cl)c2)nc1. The quantitative estimate of drug-likeness (QED) is 0.280. The molecule has 0 saturated carbocycles. The number of carbonyl (C=O) groups excluding carboxylic acids is 2. The van der Waals surface area contributed by atoms with Gasteiger partial charge in [0.15, 0.2) is 0 Å². The molecule has 0 spiro atoms. The van der Waals surface area contributed by atoms with E-state index in [1.165, 1.54) is 18.3 Å². The number of nitrogens with zero attached hydrogens (tertiary/aromatic N) is 5. The predicted octanol–water partition coefficient (Wildman–Crippen LogP) is 4.42. The summed E-state index contributed by atoms with van der Waals surface area (Å²) >= 11 is 6.06. The van der Waals surface area contributed by atoms with Crippen LogP contribution >= 0.6 is 11.6 Å². The average Bonchev–Trinajstić information content (AvgIpc) is 2.87. The molecule has 0 unspecified atom stereocenters. The Morgan fingerprint density at radius 2 is 1.83 bits per heavy atom. The summed E-state index contributed by atoms with van der Waals surface area (Å²) in [7, 11) is 5.93. The third-order valence-electron chi connectivity index (χ3n) is 5.06. The number of terminal acetylenes is 1. The van der Waals surface area contributed by atoms with Gasteiger partial charge < -0.3 is 10.2 Å². The van der Waals surface area contributed by atoms with E-state index in [1.54, 1.807) is 42.6 Å². The molecular weight excluding hydrogens is 476 g/mol. The molecule has 1 heterocycles. The first kappa shape index (κ1) is 26.4. The van der Waals surface area contributed by atoms with E-state index >= 15 is 0 Å². The maximum Gasteiger partial charge on any atom is 0.334 e. The molecule has 0 aliphatic carbocycles. The van der Waals surface area contributed by atoms with Crippen molar-refractivity contribution in [2.45, 2.75) is 0 Å². The van der Waals surface area contributed by atoms with E-state index < -0.39 is 11.9 Å². The molecule has 9 heteroatoms. The molecule has 1 aromatic heterocycles. The molecular formula is C27H27ClN6O2. The van der Waals surface area contributed by atoms with E-state index in [-0.39, 0.29) is 11.4 Å². The summed E-state index contributed by atoms with van der Waals surface area (Å²) in [6, 6.07) is 15.9. The molecule has 3 amide bonds. The number of nitrogens with one attached hydrogen (secondary N) is 1. The molecule has 0 atom stereocenters. The van der Waals surface area contributed by atoms with Gasteiger partial charge in [0.1, 0.15) is 5.82 Å². The second-order valence-electron chi connectivity index (χ2n) is 8.18. The number of urea groups is 1. The Balaban J connectivity index is 1.78. The Bertz CT molecular complexity index is 1270. The van der Waals surface area contributed by atoms with E-state index in [1.807, 2.05) is 38.3 Å². The minimum absolute atomic E-state index is 0.126. The number of aromatic nitrogens is 1. The number of hydrogen-bond acceptors (Lipinski definition) is 6. The van der Waals surface area contributed by atoms with Gasteiger partial charge in [0.05, 0.1) is 6.21 Å². The second-order valence-corrected chi connectivity index (χ2v) is 8.62. The van der Waals surface area contributed by atoms with Crippen molar-refractivity contribution in [3.8, 4) is 12.3 Å².